The van der Waals surface area contributed by atoms with E-state index in [1.165, 1.54) is 4.90 Å². The molecule has 0 saturated carbocycles. The van der Waals surface area contributed by atoms with E-state index in [0.717, 1.165) is 32.5 Å². The Morgan fingerprint density at radius 3 is 2.79 bits per heavy atom. The first-order chi connectivity index (χ1) is 8.93. The van der Waals surface area contributed by atoms with E-state index in [2.05, 4.69) is 17.1 Å². The highest BCUT2D eigenvalue weighted by atomic mass is 16.4. The van der Waals surface area contributed by atoms with Crippen molar-refractivity contribution in [3.05, 3.63) is 0 Å². The molecule has 1 aliphatic rings. The lowest BCUT2D eigenvalue weighted by molar-refractivity contribution is -0.141. The van der Waals surface area contributed by atoms with Crippen LogP contribution in [0.2, 0.25) is 0 Å². The number of urea groups is 1. The van der Waals surface area contributed by atoms with Gasteiger partial charge in [0.25, 0.3) is 0 Å². The van der Waals surface area contributed by atoms with Crippen LogP contribution in [0.5, 0.6) is 0 Å². The van der Waals surface area contributed by atoms with E-state index >= 15 is 0 Å². The molecule has 0 spiro atoms. The monoisotopic (exact) mass is 271 g/mol. The summed E-state index contributed by atoms with van der Waals surface area (Å²) in [7, 11) is 1.63. The van der Waals surface area contributed by atoms with Gasteiger partial charge in [-0.25, -0.2) is 4.79 Å². The van der Waals surface area contributed by atoms with Crippen LogP contribution in [-0.4, -0.2) is 66.2 Å². The average Bonchev–Trinajstić information content (AvgIpc) is 2.38. The molecule has 1 aliphatic heterocycles. The fraction of sp³-hybridized carbons (Fsp3) is 0.846. The quantitative estimate of drug-likeness (QED) is 0.777. The number of carbonyl (C=O) groups excluding carboxylic acids is 1. The molecule has 1 heterocycles. The van der Waals surface area contributed by atoms with Crippen LogP contribution in [0, 0.1) is 5.92 Å². The minimum atomic E-state index is -0.880. The molecule has 19 heavy (non-hydrogen) atoms. The van der Waals surface area contributed by atoms with Crippen LogP contribution in [0.15, 0.2) is 0 Å². The lowest BCUT2D eigenvalue weighted by Crippen LogP contribution is -2.51. The summed E-state index contributed by atoms with van der Waals surface area (Å²) in [6.07, 6.45) is 2.08. The number of likely N-dealkylation sites (tertiary alicyclic amines) is 1. The lowest BCUT2D eigenvalue weighted by atomic mass is 10.1. The van der Waals surface area contributed by atoms with Gasteiger partial charge in [0, 0.05) is 26.2 Å². The maximum absolute atomic E-state index is 12.0. The zero-order chi connectivity index (χ0) is 14.4. The number of carbonyl (C=O) groups is 2. The van der Waals surface area contributed by atoms with Gasteiger partial charge in [0.15, 0.2) is 0 Å². The maximum atomic E-state index is 12.0. The molecule has 0 aliphatic carbocycles. The fourth-order valence-electron chi connectivity index (χ4n) is 2.32. The van der Waals surface area contributed by atoms with E-state index in [9.17, 15) is 9.59 Å². The molecule has 6 heteroatoms. The number of hydrogen-bond donors (Lipinski definition) is 2. The molecular formula is C13H25N3O3. The first kappa shape index (κ1) is 15.8. The number of rotatable bonds is 5. The van der Waals surface area contributed by atoms with Gasteiger partial charge in [-0.15, -0.1) is 0 Å². The van der Waals surface area contributed by atoms with Crippen molar-refractivity contribution < 1.29 is 14.7 Å². The maximum Gasteiger partial charge on any atom is 0.317 e. The van der Waals surface area contributed by atoms with Crippen LogP contribution in [-0.2, 0) is 4.79 Å². The topological polar surface area (TPSA) is 72.9 Å². The summed E-state index contributed by atoms with van der Waals surface area (Å²) in [5.74, 6) is -1.43. The number of hydrogen-bond acceptors (Lipinski definition) is 3. The van der Waals surface area contributed by atoms with Crippen molar-refractivity contribution in [2.45, 2.75) is 32.7 Å². The number of nitrogens with one attached hydrogen (secondary N) is 1. The van der Waals surface area contributed by atoms with Gasteiger partial charge >= 0.3 is 12.0 Å². The van der Waals surface area contributed by atoms with Gasteiger partial charge in [0.2, 0.25) is 0 Å². The van der Waals surface area contributed by atoms with Crippen LogP contribution >= 0.6 is 0 Å². The van der Waals surface area contributed by atoms with Gasteiger partial charge in [0.1, 0.15) is 0 Å². The van der Waals surface area contributed by atoms with Crippen molar-refractivity contribution in [1.82, 2.24) is 15.1 Å². The van der Waals surface area contributed by atoms with Crippen molar-refractivity contribution in [3.63, 3.8) is 0 Å². The van der Waals surface area contributed by atoms with Crippen molar-refractivity contribution in [2.75, 3.05) is 33.2 Å². The van der Waals surface area contributed by atoms with Gasteiger partial charge in [-0.3, -0.25) is 4.79 Å². The summed E-state index contributed by atoms with van der Waals surface area (Å²) in [5, 5.41) is 11.8. The zero-order valence-corrected chi connectivity index (χ0v) is 12.1. The Balaban J connectivity index is 2.39. The highest BCUT2D eigenvalue weighted by Crippen LogP contribution is 2.10. The number of carboxylic acid groups (broad SMARTS) is 1. The third-order valence-electron chi connectivity index (χ3n) is 3.60. The third kappa shape index (κ3) is 5.06. The Morgan fingerprint density at radius 2 is 2.21 bits per heavy atom. The SMILES string of the molecule is CCN1CCCC(NC(=O)N(C)CC(C)C(=O)O)C1. The van der Waals surface area contributed by atoms with Crippen molar-refractivity contribution >= 4 is 12.0 Å². The molecular weight excluding hydrogens is 246 g/mol. The largest absolute Gasteiger partial charge is 0.481 e. The molecule has 0 radical (unpaired) electrons. The zero-order valence-electron chi connectivity index (χ0n) is 12.1. The summed E-state index contributed by atoms with van der Waals surface area (Å²) in [6.45, 7) is 6.92. The van der Waals surface area contributed by atoms with Crippen LogP contribution in [0.3, 0.4) is 0 Å². The summed E-state index contributed by atoms with van der Waals surface area (Å²) < 4.78 is 0. The smallest absolute Gasteiger partial charge is 0.317 e. The summed E-state index contributed by atoms with van der Waals surface area (Å²) in [6, 6.07) is -0.0140. The normalized spacial score (nSPS) is 21.7. The molecule has 2 amide bonds. The van der Waals surface area contributed by atoms with E-state index in [1.54, 1.807) is 14.0 Å². The number of nitrogens with zero attached hydrogens (tertiary/aromatic N) is 2. The number of likely N-dealkylation sites (N-methyl/N-ethyl adjacent to an activating group) is 1. The number of carboxylic acids is 1. The molecule has 0 bridgehead atoms. The first-order valence-corrected chi connectivity index (χ1v) is 6.90. The van der Waals surface area contributed by atoms with Gasteiger partial charge in [-0.1, -0.05) is 13.8 Å². The number of piperidine rings is 1. The van der Waals surface area contributed by atoms with Crippen LogP contribution < -0.4 is 5.32 Å². The minimum Gasteiger partial charge on any atom is -0.481 e. The molecule has 1 rings (SSSR count). The van der Waals surface area contributed by atoms with Gasteiger partial charge < -0.3 is 20.2 Å². The van der Waals surface area contributed by atoms with Crippen molar-refractivity contribution in [1.29, 1.82) is 0 Å². The highest BCUT2D eigenvalue weighted by molar-refractivity contribution is 5.76. The third-order valence-corrected chi connectivity index (χ3v) is 3.60. The summed E-state index contributed by atoms with van der Waals surface area (Å²) in [5.41, 5.74) is 0. The average molecular weight is 271 g/mol. The molecule has 2 atom stereocenters. The summed E-state index contributed by atoms with van der Waals surface area (Å²) in [4.78, 5) is 26.5. The summed E-state index contributed by atoms with van der Waals surface area (Å²) >= 11 is 0. The second-order valence-corrected chi connectivity index (χ2v) is 5.30. The van der Waals surface area contributed by atoms with E-state index in [1.807, 2.05) is 0 Å². The number of amides is 2. The molecule has 0 aromatic carbocycles. The Hall–Kier alpha value is -1.30. The van der Waals surface area contributed by atoms with E-state index in [-0.39, 0.29) is 18.6 Å². The van der Waals surface area contributed by atoms with Gasteiger partial charge in [-0.2, -0.15) is 0 Å². The molecule has 2 unspecified atom stereocenters. The van der Waals surface area contributed by atoms with E-state index in [4.69, 9.17) is 5.11 Å². The Kier molecular flexibility index (Phi) is 6.08. The van der Waals surface area contributed by atoms with Gasteiger partial charge in [-0.05, 0) is 25.9 Å². The van der Waals surface area contributed by atoms with Gasteiger partial charge in [0.05, 0.1) is 5.92 Å². The fourth-order valence-corrected chi connectivity index (χ4v) is 2.32. The minimum absolute atomic E-state index is 0.170. The predicted octanol–water partition coefficient (Wildman–Crippen LogP) is 0.833. The van der Waals surface area contributed by atoms with Crippen LogP contribution in [0.1, 0.15) is 26.7 Å². The molecule has 0 aromatic rings. The van der Waals surface area contributed by atoms with Crippen LogP contribution in [0.25, 0.3) is 0 Å². The predicted molar refractivity (Wildman–Crippen MR) is 73.1 cm³/mol. The van der Waals surface area contributed by atoms with E-state index < -0.39 is 11.9 Å². The standard InChI is InChI=1S/C13H25N3O3/c1-4-16-7-5-6-11(9-16)14-13(19)15(3)8-10(2)12(17)18/h10-11H,4-9H2,1-3H3,(H,14,19)(H,17,18). The first-order valence-electron chi connectivity index (χ1n) is 6.90. The highest BCUT2D eigenvalue weighted by Gasteiger charge is 2.23. The lowest BCUT2D eigenvalue weighted by Gasteiger charge is -2.33. The second kappa shape index (κ2) is 7.33. The molecule has 0 aromatic heterocycles. The molecule has 6 nitrogen and oxygen atoms in total. The Morgan fingerprint density at radius 1 is 1.53 bits per heavy atom. The Labute approximate surface area is 114 Å². The molecule has 110 valence electrons. The van der Waals surface area contributed by atoms with Crippen molar-refractivity contribution in [3.8, 4) is 0 Å². The second-order valence-electron chi connectivity index (χ2n) is 5.30. The number of aliphatic carboxylic acids is 1. The van der Waals surface area contributed by atoms with Crippen LogP contribution in [0.4, 0.5) is 4.79 Å². The Bertz CT molecular complexity index is 322. The van der Waals surface area contributed by atoms with Crippen molar-refractivity contribution in [2.24, 2.45) is 5.92 Å². The molecule has 1 saturated heterocycles. The molecule has 2 N–H and O–H groups in total. The van der Waals surface area contributed by atoms with E-state index in [0.29, 0.717) is 0 Å². The molecule has 1 fully saturated rings.